The van der Waals surface area contributed by atoms with Crippen molar-refractivity contribution in [2.45, 2.75) is 4.83 Å². The molecule has 1 N–H and O–H groups in total. The van der Waals surface area contributed by atoms with E-state index in [1.54, 1.807) is 12.1 Å². The number of rotatable bonds is 3. The Morgan fingerprint density at radius 3 is 2.33 bits per heavy atom. The van der Waals surface area contributed by atoms with Crippen LogP contribution in [0.2, 0.25) is 0 Å². The van der Waals surface area contributed by atoms with E-state index in [9.17, 15) is 9.90 Å². The summed E-state index contributed by atoms with van der Waals surface area (Å²) in [6.07, 6.45) is 0. The standard InChI is InChI=1S/C14H10BrIO2/c15-13(9-5-7-10(16)8-6-9)11-3-1-2-4-12(11)14(17)18/h1-8,13H,(H,17,18). The van der Waals surface area contributed by atoms with Gasteiger partial charge in [0.15, 0.2) is 0 Å². The van der Waals surface area contributed by atoms with Crippen LogP contribution in [-0.2, 0) is 0 Å². The van der Waals surface area contributed by atoms with Crippen molar-refractivity contribution in [3.63, 3.8) is 0 Å². The Balaban J connectivity index is 2.42. The molecule has 0 saturated heterocycles. The number of carbonyl (C=O) groups is 1. The molecule has 0 saturated carbocycles. The molecule has 4 heteroatoms. The van der Waals surface area contributed by atoms with E-state index in [0.717, 1.165) is 14.7 Å². The van der Waals surface area contributed by atoms with E-state index in [2.05, 4.69) is 38.5 Å². The molecule has 18 heavy (non-hydrogen) atoms. The maximum atomic E-state index is 11.2. The van der Waals surface area contributed by atoms with Crippen LogP contribution in [0.5, 0.6) is 0 Å². The first-order valence-electron chi connectivity index (χ1n) is 5.31. The summed E-state index contributed by atoms with van der Waals surface area (Å²) in [5.74, 6) is -0.902. The third-order valence-electron chi connectivity index (χ3n) is 2.63. The summed E-state index contributed by atoms with van der Waals surface area (Å²) in [6.45, 7) is 0. The van der Waals surface area contributed by atoms with Gasteiger partial charge in [0.25, 0.3) is 0 Å². The van der Waals surface area contributed by atoms with Crippen molar-refractivity contribution >= 4 is 44.5 Å². The number of alkyl halides is 1. The normalized spacial score (nSPS) is 12.1. The maximum Gasteiger partial charge on any atom is 0.336 e. The van der Waals surface area contributed by atoms with Crippen LogP contribution in [0, 0.1) is 3.57 Å². The Morgan fingerprint density at radius 1 is 1.11 bits per heavy atom. The lowest BCUT2D eigenvalue weighted by molar-refractivity contribution is 0.0696. The number of aromatic carboxylic acids is 1. The molecule has 0 aromatic heterocycles. The second-order valence-corrected chi connectivity index (χ2v) is 5.97. The number of benzene rings is 2. The third-order valence-corrected chi connectivity index (χ3v) is 4.37. The Hall–Kier alpha value is -0.880. The predicted molar refractivity (Wildman–Crippen MR) is 83.3 cm³/mol. The van der Waals surface area contributed by atoms with Crippen molar-refractivity contribution in [1.82, 2.24) is 0 Å². The molecule has 0 aliphatic rings. The van der Waals surface area contributed by atoms with Gasteiger partial charge in [-0.25, -0.2) is 4.79 Å². The fourth-order valence-corrected chi connectivity index (χ4v) is 2.79. The zero-order valence-electron chi connectivity index (χ0n) is 9.31. The molecule has 0 spiro atoms. The lowest BCUT2D eigenvalue weighted by Gasteiger charge is -2.13. The maximum absolute atomic E-state index is 11.2. The molecule has 0 amide bonds. The van der Waals surface area contributed by atoms with Crippen molar-refractivity contribution in [1.29, 1.82) is 0 Å². The van der Waals surface area contributed by atoms with Crippen LogP contribution in [0.1, 0.15) is 26.3 Å². The van der Waals surface area contributed by atoms with Gasteiger partial charge in [-0.05, 0) is 51.9 Å². The van der Waals surface area contributed by atoms with Crippen molar-refractivity contribution in [2.24, 2.45) is 0 Å². The minimum Gasteiger partial charge on any atom is -0.478 e. The van der Waals surface area contributed by atoms with Crippen molar-refractivity contribution in [2.75, 3.05) is 0 Å². The van der Waals surface area contributed by atoms with Crippen LogP contribution < -0.4 is 0 Å². The summed E-state index contributed by atoms with van der Waals surface area (Å²) >= 11 is 5.81. The molecule has 0 bridgehead atoms. The van der Waals surface area contributed by atoms with E-state index in [-0.39, 0.29) is 4.83 Å². The Labute approximate surface area is 127 Å². The van der Waals surface area contributed by atoms with Gasteiger partial charge < -0.3 is 5.11 Å². The lowest BCUT2D eigenvalue weighted by Crippen LogP contribution is -2.04. The Morgan fingerprint density at radius 2 is 1.72 bits per heavy atom. The van der Waals surface area contributed by atoms with Gasteiger partial charge in [-0.1, -0.05) is 46.3 Å². The second kappa shape index (κ2) is 5.84. The van der Waals surface area contributed by atoms with Gasteiger partial charge in [0.05, 0.1) is 10.4 Å². The van der Waals surface area contributed by atoms with Crippen LogP contribution >= 0.6 is 38.5 Å². The molecule has 0 aliphatic carbocycles. The summed E-state index contributed by atoms with van der Waals surface area (Å²) in [5.41, 5.74) is 2.15. The van der Waals surface area contributed by atoms with Crippen molar-refractivity contribution < 1.29 is 9.90 Å². The van der Waals surface area contributed by atoms with Gasteiger partial charge in [-0.2, -0.15) is 0 Å². The van der Waals surface area contributed by atoms with E-state index in [1.165, 1.54) is 0 Å². The Kier molecular flexibility index (Phi) is 4.40. The topological polar surface area (TPSA) is 37.3 Å². The van der Waals surface area contributed by atoms with Gasteiger partial charge in [0, 0.05) is 3.57 Å². The highest BCUT2D eigenvalue weighted by atomic mass is 127. The Bertz CT molecular complexity index is 566. The van der Waals surface area contributed by atoms with Crippen molar-refractivity contribution in [3.05, 3.63) is 68.8 Å². The van der Waals surface area contributed by atoms with Crippen LogP contribution in [0.3, 0.4) is 0 Å². The summed E-state index contributed by atoms with van der Waals surface area (Å²) in [4.78, 5) is 11.1. The predicted octanol–water partition coefficient (Wildman–Crippen LogP) is 4.47. The van der Waals surface area contributed by atoms with Gasteiger partial charge in [0.1, 0.15) is 0 Å². The van der Waals surface area contributed by atoms with E-state index >= 15 is 0 Å². The zero-order chi connectivity index (χ0) is 13.1. The van der Waals surface area contributed by atoms with Crippen LogP contribution in [0.25, 0.3) is 0 Å². The van der Waals surface area contributed by atoms with Crippen LogP contribution in [0.15, 0.2) is 48.5 Å². The molecular weight excluding hydrogens is 407 g/mol. The SMILES string of the molecule is O=C(O)c1ccccc1C(Br)c1ccc(I)cc1. The number of carboxylic acid groups (broad SMARTS) is 1. The fourth-order valence-electron chi connectivity index (χ4n) is 1.72. The molecular formula is C14H10BrIO2. The molecule has 2 aromatic rings. The monoisotopic (exact) mass is 416 g/mol. The summed E-state index contributed by atoms with van der Waals surface area (Å²) in [7, 11) is 0. The lowest BCUT2D eigenvalue weighted by atomic mass is 10.00. The molecule has 92 valence electrons. The molecule has 0 fully saturated rings. The van der Waals surface area contributed by atoms with Crippen molar-refractivity contribution in [3.8, 4) is 0 Å². The molecule has 0 heterocycles. The first-order valence-corrected chi connectivity index (χ1v) is 7.31. The van der Waals surface area contributed by atoms with Crippen LogP contribution in [0.4, 0.5) is 0 Å². The van der Waals surface area contributed by atoms with E-state index in [1.807, 2.05) is 36.4 Å². The van der Waals surface area contributed by atoms with Gasteiger partial charge in [-0.15, -0.1) is 0 Å². The number of carboxylic acids is 1. The first-order chi connectivity index (χ1) is 8.59. The summed E-state index contributed by atoms with van der Waals surface area (Å²) < 4.78 is 1.16. The number of hydrogen-bond acceptors (Lipinski definition) is 1. The smallest absolute Gasteiger partial charge is 0.336 e. The average Bonchev–Trinajstić information content (AvgIpc) is 2.39. The molecule has 1 atom stereocenters. The fraction of sp³-hybridized carbons (Fsp3) is 0.0714. The summed E-state index contributed by atoms with van der Waals surface area (Å²) in [6, 6.07) is 15.1. The largest absolute Gasteiger partial charge is 0.478 e. The molecule has 2 nitrogen and oxygen atoms in total. The highest BCUT2D eigenvalue weighted by Crippen LogP contribution is 2.33. The quantitative estimate of drug-likeness (QED) is 0.591. The number of hydrogen-bond donors (Lipinski definition) is 1. The molecule has 2 aromatic carbocycles. The number of halogens is 2. The minimum atomic E-state index is -0.902. The molecule has 0 aliphatic heterocycles. The van der Waals surface area contributed by atoms with Gasteiger partial charge >= 0.3 is 5.97 Å². The molecule has 0 radical (unpaired) electrons. The van der Waals surface area contributed by atoms with Crippen LogP contribution in [-0.4, -0.2) is 11.1 Å². The average molecular weight is 417 g/mol. The highest BCUT2D eigenvalue weighted by Gasteiger charge is 2.17. The van der Waals surface area contributed by atoms with E-state index in [0.29, 0.717) is 5.56 Å². The zero-order valence-corrected chi connectivity index (χ0v) is 13.1. The minimum absolute atomic E-state index is 0.109. The van der Waals surface area contributed by atoms with Gasteiger partial charge in [0.2, 0.25) is 0 Å². The van der Waals surface area contributed by atoms with Gasteiger partial charge in [-0.3, -0.25) is 0 Å². The first kappa shape index (κ1) is 13.5. The molecule has 2 rings (SSSR count). The molecule has 1 unspecified atom stereocenters. The van der Waals surface area contributed by atoms with E-state index < -0.39 is 5.97 Å². The second-order valence-electron chi connectivity index (χ2n) is 3.81. The highest BCUT2D eigenvalue weighted by molar-refractivity contribution is 14.1. The van der Waals surface area contributed by atoms with E-state index in [4.69, 9.17) is 0 Å². The third kappa shape index (κ3) is 2.92. The summed E-state index contributed by atoms with van der Waals surface area (Å²) in [5, 5.41) is 9.18.